The molecule has 10 aromatic rings. The van der Waals surface area contributed by atoms with Crippen LogP contribution in [-0.2, 0) is 0 Å². The summed E-state index contributed by atoms with van der Waals surface area (Å²) in [6, 6.07) is 62.4. The zero-order chi connectivity index (χ0) is 36.6. The van der Waals surface area contributed by atoms with Gasteiger partial charge in [-0.2, -0.15) is 0 Å². The highest BCUT2D eigenvalue weighted by Gasteiger charge is 2.16. The van der Waals surface area contributed by atoms with Crippen molar-refractivity contribution < 1.29 is 0 Å². The summed E-state index contributed by atoms with van der Waals surface area (Å²) < 4.78 is 2.34. The van der Waals surface area contributed by atoms with E-state index in [0.717, 1.165) is 67.7 Å². The Morgan fingerprint density at radius 2 is 0.927 bits per heavy atom. The summed E-state index contributed by atoms with van der Waals surface area (Å²) >= 11 is 0. The number of hydrogen-bond donors (Lipinski definition) is 0. The van der Waals surface area contributed by atoms with Crippen molar-refractivity contribution in [2.24, 2.45) is 0 Å². The van der Waals surface area contributed by atoms with Crippen LogP contribution in [0.5, 0.6) is 0 Å². The highest BCUT2D eigenvalue weighted by atomic mass is 15.0. The van der Waals surface area contributed by atoms with Crippen LogP contribution in [-0.4, -0.2) is 29.5 Å². The second-order valence-electron chi connectivity index (χ2n) is 13.4. The van der Waals surface area contributed by atoms with Gasteiger partial charge in [0.15, 0.2) is 5.82 Å². The van der Waals surface area contributed by atoms with Crippen molar-refractivity contribution in [3.63, 3.8) is 0 Å². The highest BCUT2D eigenvalue weighted by Crippen LogP contribution is 2.35. The predicted octanol–water partition coefficient (Wildman–Crippen LogP) is 11.8. The van der Waals surface area contributed by atoms with E-state index in [1.165, 1.54) is 21.8 Å². The highest BCUT2D eigenvalue weighted by molar-refractivity contribution is 6.09. The number of para-hydroxylation sites is 2. The lowest BCUT2D eigenvalue weighted by Crippen LogP contribution is -1.97. The summed E-state index contributed by atoms with van der Waals surface area (Å²) in [5, 5.41) is 2.47. The van der Waals surface area contributed by atoms with Crippen LogP contribution in [0.15, 0.2) is 194 Å². The molecule has 0 amide bonds. The van der Waals surface area contributed by atoms with Gasteiger partial charge >= 0.3 is 0 Å². The third kappa shape index (κ3) is 6.11. The molecule has 0 unspecified atom stereocenters. The first kappa shape index (κ1) is 32.1. The Labute approximate surface area is 318 Å². The van der Waals surface area contributed by atoms with Crippen LogP contribution in [0.4, 0.5) is 0 Å². The summed E-state index contributed by atoms with van der Waals surface area (Å²) in [4.78, 5) is 24.7. The molecule has 5 aromatic heterocycles. The van der Waals surface area contributed by atoms with E-state index in [0.29, 0.717) is 5.82 Å². The first-order chi connectivity index (χ1) is 27.2. The Morgan fingerprint density at radius 1 is 0.327 bits per heavy atom. The smallest absolute Gasteiger partial charge is 0.160 e. The summed E-state index contributed by atoms with van der Waals surface area (Å²) in [7, 11) is 0. The molecule has 0 N–H and O–H groups in total. The fourth-order valence-electron chi connectivity index (χ4n) is 7.26. The van der Waals surface area contributed by atoms with Gasteiger partial charge in [0.25, 0.3) is 0 Å². The van der Waals surface area contributed by atoms with Gasteiger partial charge in [0.1, 0.15) is 0 Å². The molecule has 0 fully saturated rings. The van der Waals surface area contributed by atoms with Crippen LogP contribution in [0, 0.1) is 0 Å². The number of rotatable bonds is 7. The molecule has 0 bridgehead atoms. The Bertz CT molecular complexity index is 2850. The zero-order valence-electron chi connectivity index (χ0n) is 29.7. The number of hydrogen-bond acceptors (Lipinski definition) is 5. The van der Waals surface area contributed by atoms with E-state index in [1.54, 1.807) is 6.20 Å². The average molecular weight is 705 g/mol. The van der Waals surface area contributed by atoms with Gasteiger partial charge in [-0.1, -0.05) is 115 Å². The molecular formula is C49H32N6. The Hall–Kier alpha value is -7.57. The van der Waals surface area contributed by atoms with Crippen LogP contribution < -0.4 is 0 Å². The van der Waals surface area contributed by atoms with E-state index in [2.05, 4.69) is 113 Å². The van der Waals surface area contributed by atoms with Gasteiger partial charge < -0.3 is 4.57 Å². The van der Waals surface area contributed by atoms with Crippen molar-refractivity contribution in [3.8, 4) is 73.5 Å². The summed E-state index contributed by atoms with van der Waals surface area (Å²) in [6.07, 6.45) is 3.67. The Morgan fingerprint density at radius 3 is 1.58 bits per heavy atom. The minimum absolute atomic E-state index is 0.665. The fourth-order valence-corrected chi connectivity index (χ4v) is 7.26. The van der Waals surface area contributed by atoms with Crippen molar-refractivity contribution in [2.75, 3.05) is 0 Å². The number of fused-ring (bicyclic) bond motifs is 3. The fraction of sp³-hybridized carbons (Fsp3) is 0. The largest absolute Gasteiger partial charge is 0.309 e. The lowest BCUT2D eigenvalue weighted by Gasteiger charge is -2.13. The minimum atomic E-state index is 0.665. The van der Waals surface area contributed by atoms with Crippen LogP contribution >= 0.6 is 0 Å². The van der Waals surface area contributed by atoms with Gasteiger partial charge in [0.05, 0.1) is 45.2 Å². The van der Waals surface area contributed by atoms with E-state index in [1.807, 2.05) is 85.1 Å². The Kier molecular flexibility index (Phi) is 8.04. The van der Waals surface area contributed by atoms with Crippen LogP contribution in [0.2, 0.25) is 0 Å². The monoisotopic (exact) mass is 704 g/mol. The summed E-state index contributed by atoms with van der Waals surface area (Å²) in [6.45, 7) is 0. The molecule has 6 nitrogen and oxygen atoms in total. The lowest BCUT2D eigenvalue weighted by molar-refractivity contribution is 1.17. The molecule has 55 heavy (non-hydrogen) atoms. The molecule has 0 radical (unpaired) electrons. The zero-order valence-corrected chi connectivity index (χ0v) is 29.7. The quantitative estimate of drug-likeness (QED) is 0.165. The van der Waals surface area contributed by atoms with Crippen molar-refractivity contribution in [3.05, 3.63) is 194 Å². The first-order valence-corrected chi connectivity index (χ1v) is 18.2. The molecule has 0 aliphatic carbocycles. The topological polar surface area (TPSA) is 69.4 Å². The maximum atomic E-state index is 5.11. The maximum absolute atomic E-state index is 5.11. The standard InChI is InChI=1S/C49H32N6/c1-3-14-33(15-4-1)43-31-44(54-49(53-43)34-16-5-2-6-17-34)36-25-26-42(51-32-36)46-30-37(29-45(52-46)41-22-11-12-27-50-41)35-18-13-19-38(28-35)55-47-23-9-7-20-39(47)40-21-8-10-24-48(40)55/h1-32H. The van der Waals surface area contributed by atoms with Gasteiger partial charge in [0.2, 0.25) is 0 Å². The lowest BCUT2D eigenvalue weighted by atomic mass is 10.0. The van der Waals surface area contributed by atoms with E-state index in [-0.39, 0.29) is 0 Å². The van der Waals surface area contributed by atoms with Gasteiger partial charge in [-0.05, 0) is 77.9 Å². The number of aromatic nitrogens is 6. The van der Waals surface area contributed by atoms with Crippen molar-refractivity contribution in [1.82, 2.24) is 29.5 Å². The molecule has 5 heterocycles. The molecule has 0 saturated carbocycles. The molecule has 258 valence electrons. The molecule has 10 rings (SSSR count). The van der Waals surface area contributed by atoms with Crippen molar-refractivity contribution >= 4 is 21.8 Å². The summed E-state index contributed by atoms with van der Waals surface area (Å²) in [5.41, 5.74) is 13.1. The predicted molar refractivity (Wildman–Crippen MR) is 222 cm³/mol. The SMILES string of the molecule is c1ccc(-c2cc(-c3ccc(-c4cc(-c5cccc(-n6c7ccccc7c7ccccc76)c5)cc(-c5ccccn5)n4)nc3)nc(-c3ccccc3)n2)cc1. The van der Waals surface area contributed by atoms with E-state index >= 15 is 0 Å². The van der Waals surface area contributed by atoms with Crippen LogP contribution in [0.3, 0.4) is 0 Å². The molecule has 0 saturated heterocycles. The minimum Gasteiger partial charge on any atom is -0.309 e. The third-order valence-corrected chi connectivity index (χ3v) is 9.92. The van der Waals surface area contributed by atoms with Gasteiger partial charge in [-0.15, -0.1) is 0 Å². The number of benzene rings is 5. The van der Waals surface area contributed by atoms with E-state index in [9.17, 15) is 0 Å². The van der Waals surface area contributed by atoms with Gasteiger partial charge in [0, 0.05) is 45.5 Å². The molecule has 0 atom stereocenters. The Balaban J connectivity index is 1.07. The van der Waals surface area contributed by atoms with Crippen LogP contribution in [0.25, 0.3) is 95.3 Å². The third-order valence-electron chi connectivity index (χ3n) is 9.92. The number of nitrogens with zero attached hydrogens (tertiary/aromatic N) is 6. The average Bonchev–Trinajstić information content (AvgIpc) is 3.61. The molecule has 0 spiro atoms. The molecule has 0 aliphatic heterocycles. The molecule has 6 heteroatoms. The normalized spacial score (nSPS) is 11.3. The molecule has 0 aliphatic rings. The first-order valence-electron chi connectivity index (χ1n) is 18.2. The van der Waals surface area contributed by atoms with Crippen LogP contribution in [0.1, 0.15) is 0 Å². The molecule has 5 aromatic carbocycles. The number of pyridine rings is 3. The van der Waals surface area contributed by atoms with Crippen molar-refractivity contribution in [1.29, 1.82) is 0 Å². The second-order valence-corrected chi connectivity index (χ2v) is 13.4. The van der Waals surface area contributed by atoms with Gasteiger partial charge in [-0.3, -0.25) is 9.97 Å². The summed E-state index contributed by atoms with van der Waals surface area (Å²) in [5.74, 6) is 0.665. The van der Waals surface area contributed by atoms with Crippen molar-refractivity contribution in [2.45, 2.75) is 0 Å². The van der Waals surface area contributed by atoms with Gasteiger partial charge in [-0.25, -0.2) is 15.0 Å². The van der Waals surface area contributed by atoms with E-state index < -0.39 is 0 Å². The van der Waals surface area contributed by atoms with E-state index in [4.69, 9.17) is 19.9 Å². The maximum Gasteiger partial charge on any atom is 0.160 e. The second kappa shape index (κ2) is 13.8. The molecular weight excluding hydrogens is 673 g/mol.